The molecule has 0 fully saturated rings. The summed E-state index contributed by atoms with van der Waals surface area (Å²) in [7, 11) is 0. The van der Waals surface area contributed by atoms with Gasteiger partial charge >= 0.3 is 6.18 Å². The third-order valence-electron chi connectivity index (χ3n) is 2.48. The minimum absolute atomic E-state index is 0.0464. The molecule has 0 aliphatic carbocycles. The Bertz CT molecular complexity index is 536. The summed E-state index contributed by atoms with van der Waals surface area (Å²) in [5.41, 5.74) is -0.490. The van der Waals surface area contributed by atoms with Gasteiger partial charge in [0, 0.05) is 0 Å². The highest BCUT2D eigenvalue weighted by atomic mass is 35.5. The van der Waals surface area contributed by atoms with Gasteiger partial charge in [0.15, 0.2) is 0 Å². The summed E-state index contributed by atoms with van der Waals surface area (Å²) >= 11 is 5.62. The van der Waals surface area contributed by atoms with E-state index in [0.29, 0.717) is 5.82 Å². The first-order chi connectivity index (χ1) is 8.52. The van der Waals surface area contributed by atoms with E-state index >= 15 is 0 Å². The standard InChI is InChI=1S/C11H9ClF3N3/c12-5-10-17-16-7-18(10)6-8-3-1-2-4-9(8)11(13,14)15/h1-4,7H,5-6H2. The fraction of sp³-hybridized carbons (Fsp3) is 0.273. The van der Waals surface area contributed by atoms with E-state index in [9.17, 15) is 13.2 Å². The Morgan fingerprint density at radius 1 is 1.22 bits per heavy atom. The molecule has 0 bridgehead atoms. The second kappa shape index (κ2) is 4.97. The molecule has 0 amide bonds. The maximum Gasteiger partial charge on any atom is 0.416 e. The molecule has 0 saturated heterocycles. The molecule has 96 valence electrons. The summed E-state index contributed by atoms with van der Waals surface area (Å²) < 4.78 is 39.9. The number of halogens is 4. The van der Waals surface area contributed by atoms with Crippen molar-refractivity contribution in [2.75, 3.05) is 0 Å². The summed E-state index contributed by atoms with van der Waals surface area (Å²) in [6, 6.07) is 5.41. The van der Waals surface area contributed by atoms with Crippen LogP contribution in [0.2, 0.25) is 0 Å². The van der Waals surface area contributed by atoms with Crippen molar-refractivity contribution in [3.63, 3.8) is 0 Å². The van der Waals surface area contributed by atoms with Crippen LogP contribution in [0.4, 0.5) is 13.2 Å². The lowest BCUT2D eigenvalue weighted by molar-refractivity contribution is -0.138. The summed E-state index contributed by atoms with van der Waals surface area (Å²) in [5, 5.41) is 7.35. The number of aromatic nitrogens is 3. The van der Waals surface area contributed by atoms with Gasteiger partial charge in [-0.05, 0) is 11.6 Å². The summed E-state index contributed by atoms with van der Waals surface area (Å²) in [5.74, 6) is 0.544. The van der Waals surface area contributed by atoms with Gasteiger partial charge in [0.2, 0.25) is 0 Å². The predicted octanol–water partition coefficient (Wildman–Crippen LogP) is 3.08. The van der Waals surface area contributed by atoms with Crippen LogP contribution in [0.3, 0.4) is 0 Å². The van der Waals surface area contributed by atoms with Crippen molar-refractivity contribution in [1.82, 2.24) is 14.8 Å². The number of rotatable bonds is 3. The average molecular weight is 276 g/mol. The second-order valence-electron chi connectivity index (χ2n) is 3.66. The zero-order valence-electron chi connectivity index (χ0n) is 9.15. The smallest absolute Gasteiger partial charge is 0.312 e. The first-order valence-corrected chi connectivity index (χ1v) is 5.63. The van der Waals surface area contributed by atoms with Crippen molar-refractivity contribution >= 4 is 11.6 Å². The van der Waals surface area contributed by atoms with Gasteiger partial charge in [-0.25, -0.2) is 0 Å². The first kappa shape index (κ1) is 12.9. The Balaban J connectivity index is 2.35. The molecule has 1 aromatic carbocycles. The molecule has 0 N–H and O–H groups in total. The molecule has 0 radical (unpaired) electrons. The fourth-order valence-corrected chi connectivity index (χ4v) is 1.84. The van der Waals surface area contributed by atoms with Gasteiger partial charge < -0.3 is 4.57 Å². The summed E-state index contributed by atoms with van der Waals surface area (Å²) in [6.45, 7) is 0.0464. The van der Waals surface area contributed by atoms with E-state index in [1.54, 1.807) is 6.07 Å². The van der Waals surface area contributed by atoms with Crippen molar-refractivity contribution in [1.29, 1.82) is 0 Å². The maximum absolute atomic E-state index is 12.8. The van der Waals surface area contributed by atoms with Crippen molar-refractivity contribution < 1.29 is 13.2 Å². The third kappa shape index (κ3) is 2.64. The molecule has 2 aromatic rings. The van der Waals surface area contributed by atoms with Gasteiger partial charge in [-0.1, -0.05) is 18.2 Å². The molecule has 7 heteroatoms. The molecule has 3 nitrogen and oxygen atoms in total. The zero-order chi connectivity index (χ0) is 13.2. The zero-order valence-corrected chi connectivity index (χ0v) is 9.91. The molecule has 1 heterocycles. The van der Waals surface area contributed by atoms with Gasteiger partial charge in [-0.3, -0.25) is 0 Å². The van der Waals surface area contributed by atoms with Crippen LogP contribution in [-0.2, 0) is 18.6 Å². The lowest BCUT2D eigenvalue weighted by Crippen LogP contribution is -2.12. The van der Waals surface area contributed by atoms with E-state index in [4.69, 9.17) is 11.6 Å². The summed E-state index contributed by atoms with van der Waals surface area (Å²) in [6.07, 6.45) is -3.00. The van der Waals surface area contributed by atoms with E-state index in [1.807, 2.05) is 0 Å². The lowest BCUT2D eigenvalue weighted by atomic mass is 10.1. The van der Waals surface area contributed by atoms with Crippen molar-refractivity contribution in [2.45, 2.75) is 18.6 Å². The van der Waals surface area contributed by atoms with Crippen molar-refractivity contribution in [3.05, 3.63) is 47.5 Å². The molecular weight excluding hydrogens is 267 g/mol. The van der Waals surface area contributed by atoms with Crippen LogP contribution in [0, 0.1) is 0 Å². The molecule has 0 saturated carbocycles. The third-order valence-corrected chi connectivity index (χ3v) is 2.72. The molecule has 0 aliphatic rings. The molecule has 0 unspecified atom stereocenters. The van der Waals surface area contributed by atoms with E-state index in [1.165, 1.54) is 23.0 Å². The van der Waals surface area contributed by atoms with Crippen LogP contribution < -0.4 is 0 Å². The maximum atomic E-state index is 12.8. The Morgan fingerprint density at radius 3 is 2.61 bits per heavy atom. The van der Waals surface area contributed by atoms with Gasteiger partial charge in [-0.15, -0.1) is 21.8 Å². The summed E-state index contributed by atoms with van der Waals surface area (Å²) in [4.78, 5) is 0. The Hall–Kier alpha value is -1.56. The molecular formula is C11H9ClF3N3. The monoisotopic (exact) mass is 275 g/mol. The fourth-order valence-electron chi connectivity index (χ4n) is 1.63. The lowest BCUT2D eigenvalue weighted by Gasteiger charge is -2.13. The molecule has 0 aliphatic heterocycles. The topological polar surface area (TPSA) is 30.7 Å². The van der Waals surface area contributed by atoms with Crippen LogP contribution in [0.15, 0.2) is 30.6 Å². The molecule has 18 heavy (non-hydrogen) atoms. The Morgan fingerprint density at radius 2 is 1.94 bits per heavy atom. The van der Waals surface area contributed by atoms with E-state index in [0.717, 1.165) is 6.07 Å². The minimum Gasteiger partial charge on any atom is -0.312 e. The van der Waals surface area contributed by atoms with Gasteiger partial charge in [0.05, 0.1) is 18.0 Å². The van der Waals surface area contributed by atoms with Crippen LogP contribution in [-0.4, -0.2) is 14.8 Å². The van der Waals surface area contributed by atoms with Gasteiger partial charge in [0.25, 0.3) is 0 Å². The molecule has 0 atom stereocenters. The SMILES string of the molecule is FC(F)(F)c1ccccc1Cn1cnnc1CCl. The van der Waals surface area contributed by atoms with Crippen LogP contribution >= 0.6 is 11.6 Å². The first-order valence-electron chi connectivity index (χ1n) is 5.10. The van der Waals surface area contributed by atoms with Crippen LogP contribution in [0.1, 0.15) is 17.0 Å². The van der Waals surface area contributed by atoms with Crippen molar-refractivity contribution in [3.8, 4) is 0 Å². The Labute approximate surface area is 106 Å². The van der Waals surface area contributed by atoms with Crippen LogP contribution in [0.5, 0.6) is 0 Å². The highest BCUT2D eigenvalue weighted by Gasteiger charge is 2.32. The quantitative estimate of drug-likeness (QED) is 0.806. The van der Waals surface area contributed by atoms with E-state index in [2.05, 4.69) is 10.2 Å². The second-order valence-corrected chi connectivity index (χ2v) is 3.93. The number of hydrogen-bond donors (Lipinski definition) is 0. The predicted molar refractivity (Wildman–Crippen MR) is 60.1 cm³/mol. The van der Waals surface area contributed by atoms with Gasteiger partial charge in [0.1, 0.15) is 12.2 Å². The highest BCUT2D eigenvalue weighted by Crippen LogP contribution is 2.32. The number of benzene rings is 1. The molecule has 0 spiro atoms. The van der Waals surface area contributed by atoms with Gasteiger partial charge in [-0.2, -0.15) is 13.2 Å². The largest absolute Gasteiger partial charge is 0.416 e. The van der Waals surface area contributed by atoms with E-state index < -0.39 is 11.7 Å². The number of alkyl halides is 4. The minimum atomic E-state index is -4.37. The van der Waals surface area contributed by atoms with Crippen LogP contribution in [0.25, 0.3) is 0 Å². The molecule has 1 aromatic heterocycles. The molecule has 2 rings (SSSR count). The average Bonchev–Trinajstić information content (AvgIpc) is 2.75. The highest BCUT2D eigenvalue weighted by molar-refractivity contribution is 6.16. The number of hydrogen-bond acceptors (Lipinski definition) is 2. The normalized spacial score (nSPS) is 11.8. The number of nitrogens with zero attached hydrogens (tertiary/aromatic N) is 3. The van der Waals surface area contributed by atoms with E-state index in [-0.39, 0.29) is 18.0 Å². The van der Waals surface area contributed by atoms with Crippen molar-refractivity contribution in [2.24, 2.45) is 0 Å². The Kier molecular flexibility index (Phi) is 3.56.